The molecule has 0 spiro atoms. The molecular weight excluding hydrogens is 495 g/mol. The lowest BCUT2D eigenvalue weighted by Crippen LogP contribution is -2.47. The Bertz CT molecular complexity index is 1600. The Balaban J connectivity index is 1.27. The molecule has 3 heterocycles. The maximum atomic E-state index is 13.5. The van der Waals surface area contributed by atoms with Crippen LogP contribution < -0.4 is 0 Å². The van der Waals surface area contributed by atoms with Gasteiger partial charge in [-0.3, -0.25) is 14.1 Å². The number of aryl methyl sites for hydroxylation is 2. The Hall–Kier alpha value is -3.50. The summed E-state index contributed by atoms with van der Waals surface area (Å²) in [5.41, 5.74) is 5.42. The maximum Gasteiger partial charge on any atom is 0.265 e. The number of carbonyl (C=O) groups excluding carboxylic acids is 1. The van der Waals surface area contributed by atoms with Crippen LogP contribution in [0.2, 0.25) is 0 Å². The van der Waals surface area contributed by atoms with E-state index < -0.39 is 21.5 Å². The smallest absolute Gasteiger partial charge is 0.265 e. The van der Waals surface area contributed by atoms with Crippen molar-refractivity contribution < 1.29 is 21.8 Å². The minimum absolute atomic E-state index is 0.111. The van der Waals surface area contributed by atoms with Gasteiger partial charge in [-0.2, -0.15) is 13.5 Å². The molecule has 6 rings (SSSR count). The lowest BCUT2D eigenvalue weighted by atomic mass is 9.84. The highest BCUT2D eigenvalue weighted by atomic mass is 32.2. The van der Waals surface area contributed by atoms with Gasteiger partial charge in [0.15, 0.2) is 0 Å². The number of hydrogen-bond donors (Lipinski definition) is 2. The second kappa shape index (κ2) is 8.81. The lowest BCUT2D eigenvalue weighted by Gasteiger charge is -2.41. The van der Waals surface area contributed by atoms with Crippen molar-refractivity contribution >= 4 is 26.9 Å². The summed E-state index contributed by atoms with van der Waals surface area (Å²) in [6.45, 7) is 0.624. The van der Waals surface area contributed by atoms with Crippen molar-refractivity contribution in [1.82, 2.24) is 20.1 Å². The highest BCUT2D eigenvalue weighted by Gasteiger charge is 2.41. The van der Waals surface area contributed by atoms with Gasteiger partial charge in [0.1, 0.15) is 11.4 Å². The van der Waals surface area contributed by atoms with Gasteiger partial charge in [0.05, 0.1) is 23.8 Å². The van der Waals surface area contributed by atoms with E-state index in [1.165, 1.54) is 23.3 Å². The first-order chi connectivity index (χ1) is 17.7. The summed E-state index contributed by atoms with van der Waals surface area (Å²) in [4.78, 5) is 18.8. The van der Waals surface area contributed by atoms with Crippen molar-refractivity contribution in [3.63, 3.8) is 0 Å². The van der Waals surface area contributed by atoms with E-state index in [0.29, 0.717) is 24.2 Å². The van der Waals surface area contributed by atoms with Gasteiger partial charge in [-0.1, -0.05) is 12.1 Å². The van der Waals surface area contributed by atoms with Crippen LogP contribution in [0.4, 0.5) is 4.39 Å². The Morgan fingerprint density at radius 3 is 2.57 bits per heavy atom. The molecule has 2 aromatic carbocycles. The minimum atomic E-state index is -3.78. The molecule has 2 aromatic heterocycles. The third-order valence-corrected chi connectivity index (χ3v) is 8.16. The normalized spacial score (nSPS) is 17.3. The number of rotatable bonds is 4. The molecule has 0 bridgehead atoms. The molecule has 1 amide bonds. The number of likely N-dealkylation sites (tertiary alicyclic amines) is 1. The molecule has 0 saturated carbocycles. The van der Waals surface area contributed by atoms with Crippen LogP contribution in [0.15, 0.2) is 48.7 Å². The number of nitrogens with zero attached hydrogens (tertiary/aromatic N) is 2. The molecule has 2 aliphatic rings. The highest BCUT2D eigenvalue weighted by molar-refractivity contribution is 7.86. The fourth-order valence-electron chi connectivity index (χ4n) is 5.74. The molecule has 1 saturated heterocycles. The number of carbonyl (C=O) groups is 1. The van der Waals surface area contributed by atoms with Crippen LogP contribution in [-0.4, -0.2) is 53.8 Å². The van der Waals surface area contributed by atoms with E-state index in [2.05, 4.69) is 15.2 Å². The number of halogens is 1. The molecule has 192 valence electrons. The molecule has 8 nitrogen and oxygen atoms in total. The monoisotopic (exact) mass is 522 g/mol. The van der Waals surface area contributed by atoms with E-state index in [9.17, 15) is 17.6 Å². The van der Waals surface area contributed by atoms with Crippen LogP contribution in [0, 0.1) is 5.82 Å². The fraction of sp³-hybridized carbons (Fsp3) is 0.333. The van der Waals surface area contributed by atoms with Gasteiger partial charge in [-0.15, -0.1) is 0 Å². The number of aromatic amines is 2. The van der Waals surface area contributed by atoms with Crippen LogP contribution in [0.1, 0.15) is 46.3 Å². The molecule has 2 N–H and O–H groups in total. The molecule has 1 fully saturated rings. The zero-order valence-corrected chi connectivity index (χ0v) is 21.2. The van der Waals surface area contributed by atoms with Crippen molar-refractivity contribution in [1.29, 1.82) is 0 Å². The molecule has 0 radical (unpaired) electrons. The third-order valence-electron chi connectivity index (χ3n) is 7.53. The molecule has 37 heavy (non-hydrogen) atoms. The van der Waals surface area contributed by atoms with Gasteiger partial charge in [0.2, 0.25) is 0 Å². The lowest BCUT2D eigenvalue weighted by molar-refractivity contribution is 0.00579. The van der Waals surface area contributed by atoms with E-state index in [1.54, 1.807) is 17.0 Å². The molecule has 4 aromatic rings. The van der Waals surface area contributed by atoms with Crippen LogP contribution in [0.25, 0.3) is 22.3 Å². The third kappa shape index (κ3) is 4.34. The predicted octanol–water partition coefficient (Wildman–Crippen LogP) is 4.29. The van der Waals surface area contributed by atoms with Crippen molar-refractivity contribution in [2.45, 2.75) is 37.7 Å². The molecule has 10 heteroatoms. The van der Waals surface area contributed by atoms with E-state index >= 15 is 0 Å². The maximum absolute atomic E-state index is 13.5. The van der Waals surface area contributed by atoms with Gasteiger partial charge in [-0.25, -0.2) is 4.39 Å². The standard InChI is InChI=1S/C27H27FN4O4S/c1-37(34,35)36-27(19-6-8-20(28)9-7-19)11-13-32(14-12-27)26(33)17-5-10-23-22(15-17)21-4-2-3-18-16-29-31-24(18)25(21)30-23/h5-10,15-16,30H,2-4,11-14H2,1H3,(H,29,31). The summed E-state index contributed by atoms with van der Waals surface area (Å²) >= 11 is 0. The van der Waals surface area contributed by atoms with Gasteiger partial charge < -0.3 is 9.88 Å². The van der Waals surface area contributed by atoms with Crippen molar-refractivity contribution in [2.75, 3.05) is 19.3 Å². The SMILES string of the molecule is CS(=O)(=O)OC1(c2ccc(F)cc2)CCN(C(=O)c2ccc3[nH]c4c(c3c2)CCCc2cn[nH]c2-4)CC1. The zero-order valence-electron chi connectivity index (χ0n) is 20.4. The topological polar surface area (TPSA) is 108 Å². The van der Waals surface area contributed by atoms with E-state index in [-0.39, 0.29) is 18.7 Å². The summed E-state index contributed by atoms with van der Waals surface area (Å²) < 4.78 is 43.3. The summed E-state index contributed by atoms with van der Waals surface area (Å²) in [5.74, 6) is -0.521. The molecule has 0 atom stereocenters. The van der Waals surface area contributed by atoms with Crippen molar-refractivity contribution in [3.8, 4) is 11.4 Å². The first kappa shape index (κ1) is 23.9. The van der Waals surface area contributed by atoms with Gasteiger partial charge in [0, 0.05) is 29.6 Å². The van der Waals surface area contributed by atoms with Crippen LogP contribution >= 0.6 is 0 Å². The minimum Gasteiger partial charge on any atom is -0.353 e. The molecular formula is C27H27FN4O4S. The van der Waals surface area contributed by atoms with Crippen molar-refractivity contribution in [2.24, 2.45) is 0 Å². The first-order valence-corrected chi connectivity index (χ1v) is 14.2. The summed E-state index contributed by atoms with van der Waals surface area (Å²) in [6, 6.07) is 11.4. The van der Waals surface area contributed by atoms with E-state index in [0.717, 1.165) is 47.8 Å². The second-order valence-electron chi connectivity index (χ2n) is 9.94. The average Bonchev–Trinajstić information content (AvgIpc) is 3.43. The first-order valence-electron chi connectivity index (χ1n) is 12.4. The Morgan fingerprint density at radius 1 is 1.08 bits per heavy atom. The Kier molecular flexibility index (Phi) is 5.68. The average molecular weight is 523 g/mol. The predicted molar refractivity (Wildman–Crippen MR) is 137 cm³/mol. The summed E-state index contributed by atoms with van der Waals surface area (Å²) in [7, 11) is -3.78. The van der Waals surface area contributed by atoms with Crippen molar-refractivity contribution in [3.05, 3.63) is 76.7 Å². The summed E-state index contributed by atoms with van der Waals surface area (Å²) in [5, 5.41) is 8.35. The van der Waals surface area contributed by atoms with Gasteiger partial charge in [0.25, 0.3) is 16.0 Å². The molecule has 1 aliphatic heterocycles. The molecule has 0 unspecified atom stereocenters. The number of piperidine rings is 1. The van der Waals surface area contributed by atoms with Gasteiger partial charge in [-0.05, 0) is 79.1 Å². The number of hydrogen-bond acceptors (Lipinski definition) is 5. The second-order valence-corrected chi connectivity index (χ2v) is 11.5. The van der Waals surface area contributed by atoms with E-state index in [1.807, 2.05) is 24.4 Å². The number of aromatic nitrogens is 3. The Morgan fingerprint density at radius 2 is 1.84 bits per heavy atom. The van der Waals surface area contributed by atoms with Crippen LogP contribution in [0.5, 0.6) is 0 Å². The number of H-pyrrole nitrogens is 2. The van der Waals surface area contributed by atoms with Gasteiger partial charge >= 0.3 is 0 Å². The highest BCUT2D eigenvalue weighted by Crippen LogP contribution is 2.39. The molecule has 1 aliphatic carbocycles. The van der Waals surface area contributed by atoms with Crippen LogP contribution in [-0.2, 0) is 32.7 Å². The fourth-order valence-corrected chi connectivity index (χ4v) is 6.59. The quantitative estimate of drug-likeness (QED) is 0.389. The number of nitrogens with one attached hydrogen (secondary N) is 2. The largest absolute Gasteiger partial charge is 0.353 e. The van der Waals surface area contributed by atoms with Crippen LogP contribution in [0.3, 0.4) is 0 Å². The number of fused-ring (bicyclic) bond motifs is 5. The van der Waals surface area contributed by atoms with E-state index in [4.69, 9.17) is 4.18 Å². The number of benzene rings is 2. The summed E-state index contributed by atoms with van der Waals surface area (Å²) in [6.07, 6.45) is 6.31. The Labute approximate surface area is 214 Å². The number of amides is 1. The zero-order chi connectivity index (χ0) is 25.8.